The van der Waals surface area contributed by atoms with E-state index in [-0.39, 0.29) is 23.9 Å². The second kappa shape index (κ2) is 7.25. The van der Waals surface area contributed by atoms with Crippen LogP contribution in [-0.2, 0) is 4.79 Å². The van der Waals surface area contributed by atoms with Crippen molar-refractivity contribution in [2.24, 2.45) is 0 Å². The molecule has 8 heteroatoms. The molecule has 7 nitrogen and oxygen atoms in total. The highest BCUT2D eigenvalue weighted by atomic mass is 19.1. The fraction of sp³-hybridized carbons (Fsp3) is 0.294. The number of amides is 2. The van der Waals surface area contributed by atoms with Crippen LogP contribution in [0.3, 0.4) is 0 Å². The highest BCUT2D eigenvalue weighted by molar-refractivity contribution is 5.95. The number of carbonyl (C=O) groups is 2. The van der Waals surface area contributed by atoms with Crippen molar-refractivity contribution >= 4 is 17.5 Å². The number of rotatable bonds is 4. The summed E-state index contributed by atoms with van der Waals surface area (Å²) in [7, 11) is 0. The predicted molar refractivity (Wildman–Crippen MR) is 87.7 cm³/mol. The summed E-state index contributed by atoms with van der Waals surface area (Å²) in [4.78, 5) is 32.7. The number of hydrogen-bond donors (Lipinski definition) is 1. The smallest absolute Gasteiger partial charge is 0.316 e. The van der Waals surface area contributed by atoms with E-state index < -0.39 is 5.82 Å². The van der Waals surface area contributed by atoms with Gasteiger partial charge in [-0.05, 0) is 24.3 Å². The summed E-state index contributed by atoms with van der Waals surface area (Å²) in [5.74, 6) is -0.805. The number of hydrogen-bond acceptors (Lipinski definition) is 5. The maximum atomic E-state index is 12.8. The SMILES string of the molecule is CC(=O)Nc1ccc(C(=O)N2CCC(Oc3ncc(F)cn3)C2)cc1. The molecule has 130 valence electrons. The number of carbonyl (C=O) groups excluding carboxylic acids is 2. The van der Waals surface area contributed by atoms with E-state index in [4.69, 9.17) is 4.74 Å². The van der Waals surface area contributed by atoms with Crippen molar-refractivity contribution in [2.45, 2.75) is 19.4 Å². The molecule has 0 aliphatic carbocycles. The molecule has 2 aromatic rings. The summed E-state index contributed by atoms with van der Waals surface area (Å²) in [5, 5.41) is 2.65. The number of nitrogens with one attached hydrogen (secondary N) is 1. The number of halogens is 1. The Labute approximate surface area is 143 Å². The molecule has 0 spiro atoms. The zero-order valence-corrected chi connectivity index (χ0v) is 13.6. The van der Waals surface area contributed by atoms with Crippen LogP contribution in [0.5, 0.6) is 6.01 Å². The first-order chi connectivity index (χ1) is 12.0. The number of likely N-dealkylation sites (tertiary alicyclic amines) is 1. The minimum absolute atomic E-state index is 0.0976. The first-order valence-corrected chi connectivity index (χ1v) is 7.82. The van der Waals surface area contributed by atoms with Gasteiger partial charge in [0.05, 0.1) is 18.9 Å². The van der Waals surface area contributed by atoms with E-state index >= 15 is 0 Å². The zero-order valence-electron chi connectivity index (χ0n) is 13.6. The number of anilines is 1. The minimum atomic E-state index is -0.529. The molecule has 1 aromatic heterocycles. The van der Waals surface area contributed by atoms with E-state index in [9.17, 15) is 14.0 Å². The van der Waals surface area contributed by atoms with E-state index in [1.54, 1.807) is 29.2 Å². The quantitative estimate of drug-likeness (QED) is 0.915. The molecular weight excluding hydrogens is 327 g/mol. The second-order valence-electron chi connectivity index (χ2n) is 5.72. The lowest BCUT2D eigenvalue weighted by atomic mass is 10.2. The second-order valence-corrected chi connectivity index (χ2v) is 5.72. The van der Waals surface area contributed by atoms with E-state index in [1.165, 1.54) is 6.92 Å². The van der Waals surface area contributed by atoms with Gasteiger partial charge in [-0.15, -0.1) is 0 Å². The Morgan fingerprint density at radius 1 is 1.24 bits per heavy atom. The average molecular weight is 344 g/mol. The van der Waals surface area contributed by atoms with Crippen molar-refractivity contribution in [1.82, 2.24) is 14.9 Å². The van der Waals surface area contributed by atoms with Gasteiger partial charge in [0.1, 0.15) is 6.10 Å². The molecule has 1 saturated heterocycles. The largest absolute Gasteiger partial charge is 0.458 e. The molecule has 0 saturated carbocycles. The van der Waals surface area contributed by atoms with Crippen LogP contribution < -0.4 is 10.1 Å². The number of aromatic nitrogens is 2. The summed E-state index contributed by atoms with van der Waals surface area (Å²) in [6.07, 6.45) is 2.50. The number of ether oxygens (including phenoxy) is 1. The lowest BCUT2D eigenvalue weighted by Gasteiger charge is -2.17. The fourth-order valence-electron chi connectivity index (χ4n) is 2.60. The van der Waals surface area contributed by atoms with Crippen molar-refractivity contribution in [3.05, 3.63) is 48.0 Å². The third-order valence-corrected chi connectivity index (χ3v) is 3.75. The first kappa shape index (κ1) is 16.8. The molecule has 25 heavy (non-hydrogen) atoms. The third-order valence-electron chi connectivity index (χ3n) is 3.75. The Balaban J connectivity index is 1.58. The van der Waals surface area contributed by atoms with Gasteiger partial charge in [-0.2, -0.15) is 0 Å². The standard InChI is InChI=1S/C17H17FN4O3/c1-11(23)21-14-4-2-12(3-5-14)16(24)22-7-6-15(10-22)25-17-19-8-13(18)9-20-17/h2-5,8-9,15H,6-7,10H2,1H3,(H,21,23). The molecule has 2 amide bonds. The molecule has 1 aliphatic heterocycles. The van der Waals surface area contributed by atoms with Crippen LogP contribution in [0, 0.1) is 5.82 Å². The van der Waals surface area contributed by atoms with Gasteiger partial charge in [0, 0.05) is 31.1 Å². The van der Waals surface area contributed by atoms with Gasteiger partial charge in [0.15, 0.2) is 5.82 Å². The molecule has 0 bridgehead atoms. The highest BCUT2D eigenvalue weighted by Crippen LogP contribution is 2.18. The normalized spacial score (nSPS) is 16.6. The summed E-state index contributed by atoms with van der Waals surface area (Å²) in [6, 6.07) is 6.81. The monoisotopic (exact) mass is 344 g/mol. The maximum Gasteiger partial charge on any atom is 0.316 e. The molecular formula is C17H17FN4O3. The van der Waals surface area contributed by atoms with E-state index in [2.05, 4.69) is 15.3 Å². The van der Waals surface area contributed by atoms with Crippen molar-refractivity contribution in [2.75, 3.05) is 18.4 Å². The summed E-state index contributed by atoms with van der Waals surface area (Å²) >= 11 is 0. The Morgan fingerprint density at radius 2 is 1.92 bits per heavy atom. The molecule has 1 aromatic carbocycles. The third kappa shape index (κ3) is 4.28. The molecule has 3 rings (SSSR count). The highest BCUT2D eigenvalue weighted by Gasteiger charge is 2.28. The Kier molecular flexibility index (Phi) is 4.87. The minimum Gasteiger partial charge on any atom is -0.458 e. The lowest BCUT2D eigenvalue weighted by molar-refractivity contribution is -0.114. The molecule has 0 radical (unpaired) electrons. The average Bonchev–Trinajstić information content (AvgIpc) is 3.05. The zero-order chi connectivity index (χ0) is 17.8. The Hall–Kier alpha value is -3.03. The maximum absolute atomic E-state index is 12.8. The topological polar surface area (TPSA) is 84.4 Å². The van der Waals surface area contributed by atoms with Gasteiger partial charge >= 0.3 is 6.01 Å². The molecule has 2 heterocycles. The summed E-state index contributed by atoms with van der Waals surface area (Å²) in [5.41, 5.74) is 1.17. The van der Waals surface area contributed by atoms with Crippen LogP contribution in [0.1, 0.15) is 23.7 Å². The van der Waals surface area contributed by atoms with Gasteiger partial charge in [-0.3, -0.25) is 9.59 Å². The van der Waals surface area contributed by atoms with Crippen molar-refractivity contribution in [3.63, 3.8) is 0 Å². The van der Waals surface area contributed by atoms with Gasteiger partial charge in [0.2, 0.25) is 5.91 Å². The Morgan fingerprint density at radius 3 is 2.56 bits per heavy atom. The molecule has 1 fully saturated rings. The molecule has 1 unspecified atom stereocenters. The lowest BCUT2D eigenvalue weighted by Crippen LogP contribution is -2.31. The van der Waals surface area contributed by atoms with Gasteiger partial charge in [-0.1, -0.05) is 0 Å². The first-order valence-electron chi connectivity index (χ1n) is 7.82. The van der Waals surface area contributed by atoms with E-state index in [1.807, 2.05) is 0 Å². The number of nitrogens with zero attached hydrogens (tertiary/aromatic N) is 3. The van der Waals surface area contributed by atoms with E-state index in [0.29, 0.717) is 30.8 Å². The van der Waals surface area contributed by atoms with Gasteiger partial charge in [-0.25, -0.2) is 14.4 Å². The van der Waals surface area contributed by atoms with Gasteiger partial charge in [0.25, 0.3) is 5.91 Å². The van der Waals surface area contributed by atoms with Crippen LogP contribution in [0.15, 0.2) is 36.7 Å². The number of benzene rings is 1. The van der Waals surface area contributed by atoms with Crippen LogP contribution in [0.4, 0.5) is 10.1 Å². The van der Waals surface area contributed by atoms with Crippen molar-refractivity contribution in [3.8, 4) is 6.01 Å². The fourth-order valence-corrected chi connectivity index (χ4v) is 2.60. The van der Waals surface area contributed by atoms with Crippen LogP contribution in [0.25, 0.3) is 0 Å². The van der Waals surface area contributed by atoms with Gasteiger partial charge < -0.3 is 15.0 Å². The summed E-state index contributed by atoms with van der Waals surface area (Å²) in [6.45, 7) is 2.39. The van der Waals surface area contributed by atoms with E-state index in [0.717, 1.165) is 12.4 Å². The molecule has 1 atom stereocenters. The van der Waals surface area contributed by atoms with Crippen molar-refractivity contribution in [1.29, 1.82) is 0 Å². The summed E-state index contributed by atoms with van der Waals surface area (Å²) < 4.78 is 18.4. The molecule has 1 aliphatic rings. The van der Waals surface area contributed by atoms with Crippen LogP contribution >= 0.6 is 0 Å². The van der Waals surface area contributed by atoms with Crippen molar-refractivity contribution < 1.29 is 18.7 Å². The molecule has 1 N–H and O–H groups in total. The predicted octanol–water partition coefficient (Wildman–Crippen LogP) is 1.87. The van der Waals surface area contributed by atoms with Crippen LogP contribution in [-0.4, -0.2) is 45.9 Å². The Bertz CT molecular complexity index is 764. The van der Waals surface area contributed by atoms with Crippen LogP contribution in [0.2, 0.25) is 0 Å².